The Morgan fingerprint density at radius 3 is 2.39 bits per heavy atom. The van der Waals surface area contributed by atoms with Crippen LogP contribution in [0.3, 0.4) is 0 Å². The van der Waals surface area contributed by atoms with Gasteiger partial charge in [0.2, 0.25) is 0 Å². The summed E-state index contributed by atoms with van der Waals surface area (Å²) in [6.45, 7) is 5.01. The highest BCUT2D eigenvalue weighted by molar-refractivity contribution is 6.59. The Balaban J connectivity index is 3.17. The largest absolute Gasteiger partial charge is 0.491 e. The van der Waals surface area contributed by atoms with Gasteiger partial charge in [-0.25, -0.2) is 9.18 Å². The zero-order chi connectivity index (χ0) is 14.1. The Morgan fingerprint density at radius 2 is 1.94 bits per heavy atom. The van der Waals surface area contributed by atoms with E-state index in [0.717, 1.165) is 12.1 Å². The van der Waals surface area contributed by atoms with E-state index in [0.29, 0.717) is 0 Å². The fourth-order valence-corrected chi connectivity index (χ4v) is 1.48. The van der Waals surface area contributed by atoms with Crippen molar-refractivity contribution in [3.63, 3.8) is 0 Å². The Morgan fingerprint density at radius 1 is 1.39 bits per heavy atom. The highest BCUT2D eigenvalue weighted by Crippen LogP contribution is 2.20. The van der Waals surface area contributed by atoms with E-state index >= 15 is 0 Å². The molecule has 0 amide bonds. The minimum Gasteiger partial charge on any atom is -0.456 e. The minimum atomic E-state index is -2.02. The Bertz CT molecular complexity index is 471. The number of hydrogen-bond donors (Lipinski definition) is 2. The molecule has 1 rings (SSSR count). The van der Waals surface area contributed by atoms with Gasteiger partial charge in [0.25, 0.3) is 0 Å². The molecule has 0 bridgehead atoms. The van der Waals surface area contributed by atoms with Crippen molar-refractivity contribution in [2.45, 2.75) is 26.4 Å². The van der Waals surface area contributed by atoms with Crippen LogP contribution in [0.1, 0.15) is 31.1 Å². The average molecular weight is 274 g/mol. The topological polar surface area (TPSA) is 66.8 Å². The molecule has 0 saturated heterocycles. The monoisotopic (exact) mass is 274 g/mol. The van der Waals surface area contributed by atoms with Crippen molar-refractivity contribution in [1.82, 2.24) is 0 Å². The van der Waals surface area contributed by atoms with E-state index in [9.17, 15) is 9.18 Å². The first-order valence-electron chi connectivity index (χ1n) is 5.20. The molecule has 0 aromatic heterocycles. The molecule has 1 aromatic carbocycles. The van der Waals surface area contributed by atoms with Gasteiger partial charge in [0, 0.05) is 5.46 Å². The van der Waals surface area contributed by atoms with Gasteiger partial charge in [0.15, 0.2) is 0 Å². The van der Waals surface area contributed by atoms with Crippen molar-refractivity contribution in [1.29, 1.82) is 0 Å². The summed E-state index contributed by atoms with van der Waals surface area (Å²) < 4.78 is 18.4. The molecule has 0 fully saturated rings. The minimum absolute atomic E-state index is 0.115. The van der Waals surface area contributed by atoms with E-state index in [-0.39, 0.29) is 10.6 Å². The van der Waals surface area contributed by atoms with E-state index in [1.807, 2.05) is 0 Å². The predicted molar refractivity (Wildman–Crippen MR) is 66.4 cm³/mol. The second-order valence-corrected chi connectivity index (χ2v) is 5.14. The molecule has 0 aliphatic heterocycles. The number of carbonyl (C=O) groups excluding carboxylic acids is 1. The van der Waals surface area contributed by atoms with Crippen molar-refractivity contribution in [2.24, 2.45) is 0 Å². The summed E-state index contributed by atoms with van der Waals surface area (Å²) in [6, 6.07) is 1.81. The van der Waals surface area contributed by atoms with Crippen molar-refractivity contribution >= 4 is 30.2 Å². The van der Waals surface area contributed by atoms with E-state index < -0.39 is 30.0 Å². The molecule has 4 nitrogen and oxygen atoms in total. The maximum atomic E-state index is 13.3. The summed E-state index contributed by atoms with van der Waals surface area (Å²) in [6.07, 6.45) is 0. The lowest BCUT2D eigenvalue weighted by Gasteiger charge is -2.20. The van der Waals surface area contributed by atoms with Gasteiger partial charge in [-0.1, -0.05) is 11.6 Å². The van der Waals surface area contributed by atoms with Gasteiger partial charge in [-0.2, -0.15) is 0 Å². The van der Waals surface area contributed by atoms with Crippen LogP contribution in [0.25, 0.3) is 0 Å². The van der Waals surface area contributed by atoms with Crippen molar-refractivity contribution in [3.8, 4) is 0 Å². The third kappa shape index (κ3) is 3.70. The highest BCUT2D eigenvalue weighted by Gasteiger charge is 2.25. The number of halogens is 2. The number of ether oxygens (including phenoxy) is 1. The van der Waals surface area contributed by atoms with Gasteiger partial charge in [0.1, 0.15) is 11.4 Å². The number of rotatable bonds is 2. The van der Waals surface area contributed by atoms with Crippen LogP contribution in [0.5, 0.6) is 0 Å². The first kappa shape index (κ1) is 15.0. The summed E-state index contributed by atoms with van der Waals surface area (Å²) in [5, 5.41) is 17.8. The molecule has 18 heavy (non-hydrogen) atoms. The molecular weight excluding hydrogens is 261 g/mol. The van der Waals surface area contributed by atoms with E-state index in [4.69, 9.17) is 26.4 Å². The normalized spacial score (nSPS) is 11.3. The Kier molecular flexibility index (Phi) is 4.37. The summed E-state index contributed by atoms with van der Waals surface area (Å²) >= 11 is 5.73. The predicted octanol–water partition coefficient (Wildman–Crippen LogP) is 1.11. The van der Waals surface area contributed by atoms with Crippen LogP contribution in [-0.2, 0) is 4.74 Å². The molecule has 0 heterocycles. The fraction of sp³-hybridized carbons (Fsp3) is 0.364. The first-order valence-corrected chi connectivity index (χ1v) is 5.58. The molecule has 2 N–H and O–H groups in total. The lowest BCUT2D eigenvalue weighted by atomic mass is 9.79. The van der Waals surface area contributed by atoms with Crippen LogP contribution < -0.4 is 5.46 Å². The van der Waals surface area contributed by atoms with Gasteiger partial charge in [-0.05, 0) is 32.9 Å². The van der Waals surface area contributed by atoms with Gasteiger partial charge in [0.05, 0.1) is 10.6 Å². The maximum Gasteiger partial charge on any atom is 0.491 e. The average Bonchev–Trinajstić information content (AvgIpc) is 2.13. The standard InChI is InChI=1S/C11H13BClFO4/c1-11(2,3)18-10(15)6-4-7(12(16)17)9(14)5-8(6)13/h4-5,16-17H,1-3H3. The lowest BCUT2D eigenvalue weighted by Crippen LogP contribution is -2.34. The highest BCUT2D eigenvalue weighted by atomic mass is 35.5. The molecule has 0 aliphatic carbocycles. The molecule has 98 valence electrons. The van der Waals surface area contributed by atoms with Crippen molar-refractivity contribution in [2.75, 3.05) is 0 Å². The lowest BCUT2D eigenvalue weighted by molar-refractivity contribution is 0.00698. The van der Waals surface area contributed by atoms with Crippen molar-refractivity contribution < 1.29 is 24.0 Å². The first-order chi connectivity index (χ1) is 8.11. The molecule has 7 heteroatoms. The number of esters is 1. The number of carbonyl (C=O) groups is 1. The second kappa shape index (κ2) is 5.26. The van der Waals surface area contributed by atoms with E-state index in [1.165, 1.54) is 0 Å². The van der Waals surface area contributed by atoms with Crippen LogP contribution in [0.15, 0.2) is 12.1 Å². The van der Waals surface area contributed by atoms with Gasteiger partial charge in [-0.15, -0.1) is 0 Å². The molecule has 0 spiro atoms. The summed E-state index contributed by atoms with van der Waals surface area (Å²) in [4.78, 5) is 11.8. The molecule has 0 radical (unpaired) electrons. The van der Waals surface area contributed by atoms with Crippen LogP contribution in [-0.4, -0.2) is 28.7 Å². The molecule has 1 aromatic rings. The van der Waals surface area contributed by atoms with E-state index in [2.05, 4.69) is 0 Å². The zero-order valence-electron chi connectivity index (χ0n) is 10.2. The van der Waals surface area contributed by atoms with Gasteiger partial charge >= 0.3 is 13.1 Å². The smallest absolute Gasteiger partial charge is 0.456 e. The fourth-order valence-electron chi connectivity index (χ4n) is 1.25. The summed E-state index contributed by atoms with van der Waals surface area (Å²) in [7, 11) is -2.02. The molecule has 0 aliphatic rings. The summed E-state index contributed by atoms with van der Waals surface area (Å²) in [5.74, 6) is -1.66. The van der Waals surface area contributed by atoms with E-state index in [1.54, 1.807) is 20.8 Å². The zero-order valence-corrected chi connectivity index (χ0v) is 11.0. The second-order valence-electron chi connectivity index (χ2n) is 4.73. The maximum absolute atomic E-state index is 13.3. The van der Waals surface area contributed by atoms with Crippen LogP contribution in [0.4, 0.5) is 4.39 Å². The summed E-state index contributed by atoms with van der Waals surface area (Å²) in [5.41, 5.74) is -1.27. The quantitative estimate of drug-likeness (QED) is 0.626. The van der Waals surface area contributed by atoms with Crippen molar-refractivity contribution in [3.05, 3.63) is 28.5 Å². The third-order valence-electron chi connectivity index (χ3n) is 1.98. The molecule has 0 unspecified atom stereocenters. The molecule has 0 atom stereocenters. The third-order valence-corrected chi connectivity index (χ3v) is 2.30. The van der Waals surface area contributed by atoms with Crippen LogP contribution in [0, 0.1) is 5.82 Å². The Labute approximate surface area is 109 Å². The Hall–Kier alpha value is -1.11. The number of benzene rings is 1. The molecule has 0 saturated carbocycles. The SMILES string of the molecule is CC(C)(C)OC(=O)c1cc(B(O)O)c(F)cc1Cl. The number of hydrogen-bond acceptors (Lipinski definition) is 4. The van der Waals surface area contributed by atoms with Crippen LogP contribution in [0.2, 0.25) is 5.02 Å². The molecular formula is C11H13BClFO4. The van der Waals surface area contributed by atoms with Gasteiger partial charge < -0.3 is 14.8 Å². The van der Waals surface area contributed by atoms with Crippen LogP contribution >= 0.6 is 11.6 Å². The van der Waals surface area contributed by atoms with Gasteiger partial charge in [-0.3, -0.25) is 0 Å².